The molecule has 1 aliphatic rings. The van der Waals surface area contributed by atoms with Crippen molar-refractivity contribution in [2.75, 3.05) is 18.8 Å². The normalized spacial score (nSPS) is 15.7. The van der Waals surface area contributed by atoms with Crippen LogP contribution in [-0.4, -0.2) is 49.3 Å². The maximum atomic E-state index is 13.8. The van der Waals surface area contributed by atoms with E-state index in [2.05, 4.69) is 10.0 Å². The van der Waals surface area contributed by atoms with Gasteiger partial charge in [-0.2, -0.15) is 0 Å². The molecular formula is C19H28FN3O4S2. The van der Waals surface area contributed by atoms with Gasteiger partial charge in [-0.05, 0) is 51.3 Å². The molecule has 1 saturated heterocycles. The zero-order valence-electron chi connectivity index (χ0n) is 16.9. The van der Waals surface area contributed by atoms with Gasteiger partial charge in [-0.25, -0.2) is 22.3 Å². The van der Waals surface area contributed by atoms with Gasteiger partial charge in [0, 0.05) is 12.6 Å². The van der Waals surface area contributed by atoms with Crippen LogP contribution >= 0.6 is 12.2 Å². The third-order valence-electron chi connectivity index (χ3n) is 4.38. The molecule has 0 spiro atoms. The van der Waals surface area contributed by atoms with Crippen molar-refractivity contribution in [1.82, 2.24) is 14.9 Å². The molecule has 0 radical (unpaired) electrons. The van der Waals surface area contributed by atoms with Gasteiger partial charge in [0.1, 0.15) is 4.99 Å². The van der Waals surface area contributed by atoms with Gasteiger partial charge < -0.3 is 15.0 Å². The molecule has 1 aromatic carbocycles. The monoisotopic (exact) mass is 445 g/mol. The largest absolute Gasteiger partial charge is 0.488 e. The number of amides is 2. The van der Waals surface area contributed by atoms with Crippen LogP contribution in [0.25, 0.3) is 0 Å². The Balaban J connectivity index is 1.79. The van der Waals surface area contributed by atoms with Crippen LogP contribution in [0.3, 0.4) is 0 Å². The molecule has 2 rings (SSSR count). The van der Waals surface area contributed by atoms with E-state index in [1.807, 2.05) is 0 Å². The van der Waals surface area contributed by atoms with Gasteiger partial charge in [0.2, 0.25) is 10.0 Å². The van der Waals surface area contributed by atoms with Gasteiger partial charge in [0.05, 0.1) is 18.4 Å². The Kier molecular flexibility index (Phi) is 8.35. The molecule has 0 saturated carbocycles. The SMILES string of the molecule is CC(C)Oc1cc([C@@H](C)NS(=O)(=O)CCCCCN2CC(=S)NC2=O)ccc1F. The summed E-state index contributed by atoms with van der Waals surface area (Å²) in [5.41, 5.74) is 0.627. The van der Waals surface area contributed by atoms with Crippen molar-refractivity contribution < 1.29 is 22.3 Å². The van der Waals surface area contributed by atoms with E-state index in [9.17, 15) is 17.6 Å². The fourth-order valence-corrected chi connectivity index (χ4v) is 4.58. The van der Waals surface area contributed by atoms with Crippen molar-refractivity contribution >= 4 is 33.3 Å². The highest BCUT2D eigenvalue weighted by Crippen LogP contribution is 2.24. The van der Waals surface area contributed by atoms with E-state index in [1.54, 1.807) is 31.7 Å². The number of carbonyl (C=O) groups is 1. The van der Waals surface area contributed by atoms with E-state index in [0.29, 0.717) is 42.9 Å². The minimum atomic E-state index is -3.49. The molecule has 2 N–H and O–H groups in total. The topological polar surface area (TPSA) is 87.7 Å². The maximum Gasteiger partial charge on any atom is 0.322 e. The van der Waals surface area contributed by atoms with Crippen LogP contribution in [0.1, 0.15) is 51.6 Å². The quantitative estimate of drug-likeness (QED) is 0.404. The number of nitrogens with one attached hydrogen (secondary N) is 2. The number of thiocarbonyl (C=S) groups is 1. The molecule has 1 aromatic rings. The van der Waals surface area contributed by atoms with E-state index in [4.69, 9.17) is 17.0 Å². The van der Waals surface area contributed by atoms with Crippen LogP contribution in [-0.2, 0) is 10.0 Å². The van der Waals surface area contributed by atoms with Crippen molar-refractivity contribution in [3.63, 3.8) is 0 Å². The first kappa shape index (κ1) is 23.5. The molecule has 162 valence electrons. The van der Waals surface area contributed by atoms with Gasteiger partial charge in [-0.15, -0.1) is 0 Å². The summed E-state index contributed by atoms with van der Waals surface area (Å²) in [6.07, 6.45) is 1.67. The van der Waals surface area contributed by atoms with Crippen LogP contribution in [0.2, 0.25) is 0 Å². The van der Waals surface area contributed by atoms with Gasteiger partial charge in [0.25, 0.3) is 0 Å². The number of hydrogen-bond acceptors (Lipinski definition) is 5. The molecule has 0 aliphatic carbocycles. The number of carbonyl (C=O) groups excluding carboxylic acids is 1. The number of hydrogen-bond donors (Lipinski definition) is 2. The average molecular weight is 446 g/mol. The van der Waals surface area contributed by atoms with E-state index in [0.717, 1.165) is 0 Å². The number of unbranched alkanes of at least 4 members (excludes halogenated alkanes) is 2. The molecule has 10 heteroatoms. The zero-order chi connectivity index (χ0) is 21.6. The Morgan fingerprint density at radius 1 is 1.28 bits per heavy atom. The van der Waals surface area contributed by atoms with E-state index >= 15 is 0 Å². The first-order valence-corrected chi connectivity index (χ1v) is 11.7. The van der Waals surface area contributed by atoms with Crippen LogP contribution in [0.15, 0.2) is 18.2 Å². The van der Waals surface area contributed by atoms with E-state index in [-0.39, 0.29) is 23.6 Å². The molecule has 0 unspecified atom stereocenters. The number of ether oxygens (including phenoxy) is 1. The van der Waals surface area contributed by atoms with Gasteiger partial charge in [-0.1, -0.05) is 24.7 Å². The highest BCUT2D eigenvalue weighted by Gasteiger charge is 2.23. The Bertz CT molecular complexity index is 846. The Morgan fingerprint density at radius 3 is 2.62 bits per heavy atom. The standard InChI is InChI=1S/C19H28FN3O4S2/c1-13(2)27-17-11-15(7-8-16(17)20)14(3)22-29(25,26)10-6-4-5-9-23-12-18(28)21-19(23)24/h7-8,11,13-14,22H,4-6,9-10,12H2,1-3H3,(H,21,24,28)/t14-/m1/s1. The summed E-state index contributed by atoms with van der Waals surface area (Å²) in [6.45, 7) is 6.26. The van der Waals surface area contributed by atoms with Crippen LogP contribution in [0, 0.1) is 5.82 Å². The fraction of sp³-hybridized carbons (Fsp3) is 0.579. The van der Waals surface area contributed by atoms with Crippen molar-refractivity contribution in [3.05, 3.63) is 29.6 Å². The summed E-state index contributed by atoms with van der Waals surface area (Å²) in [5, 5.41) is 2.57. The molecule has 0 aromatic heterocycles. The number of urea groups is 1. The van der Waals surface area contributed by atoms with Crippen LogP contribution in [0.4, 0.5) is 9.18 Å². The Morgan fingerprint density at radius 2 is 2.00 bits per heavy atom. The maximum absolute atomic E-state index is 13.8. The predicted octanol–water partition coefficient (Wildman–Crippen LogP) is 3.12. The number of nitrogens with zero attached hydrogens (tertiary/aromatic N) is 1. The lowest BCUT2D eigenvalue weighted by atomic mass is 10.1. The average Bonchev–Trinajstić information content (AvgIpc) is 2.93. The smallest absolute Gasteiger partial charge is 0.322 e. The molecule has 1 fully saturated rings. The van der Waals surface area contributed by atoms with Crippen molar-refractivity contribution in [3.8, 4) is 5.75 Å². The zero-order valence-corrected chi connectivity index (χ0v) is 18.5. The fourth-order valence-electron chi connectivity index (χ4n) is 2.96. The first-order chi connectivity index (χ1) is 13.6. The first-order valence-electron chi connectivity index (χ1n) is 9.62. The van der Waals surface area contributed by atoms with Crippen molar-refractivity contribution in [2.45, 2.75) is 52.2 Å². The highest BCUT2D eigenvalue weighted by molar-refractivity contribution is 7.89. The number of rotatable bonds is 11. The van der Waals surface area contributed by atoms with Crippen molar-refractivity contribution in [2.24, 2.45) is 0 Å². The molecule has 1 aliphatic heterocycles. The molecule has 2 amide bonds. The third kappa shape index (κ3) is 7.52. The lowest BCUT2D eigenvalue weighted by Crippen LogP contribution is -2.30. The second-order valence-corrected chi connectivity index (χ2v) is 9.72. The summed E-state index contributed by atoms with van der Waals surface area (Å²) < 4.78 is 46.6. The Hall–Kier alpha value is -1.78. The van der Waals surface area contributed by atoms with Gasteiger partial charge in [-0.3, -0.25) is 0 Å². The molecule has 7 nitrogen and oxygen atoms in total. The second-order valence-electron chi connectivity index (χ2n) is 7.35. The summed E-state index contributed by atoms with van der Waals surface area (Å²) in [7, 11) is -3.49. The lowest BCUT2D eigenvalue weighted by Gasteiger charge is -2.17. The van der Waals surface area contributed by atoms with Gasteiger partial charge >= 0.3 is 6.03 Å². The number of benzene rings is 1. The van der Waals surface area contributed by atoms with E-state index in [1.165, 1.54) is 12.1 Å². The molecular weight excluding hydrogens is 417 g/mol. The molecule has 0 bridgehead atoms. The number of sulfonamides is 1. The van der Waals surface area contributed by atoms with Crippen LogP contribution in [0.5, 0.6) is 5.75 Å². The van der Waals surface area contributed by atoms with Gasteiger partial charge in [0.15, 0.2) is 11.6 Å². The second kappa shape index (κ2) is 10.3. The summed E-state index contributed by atoms with van der Waals surface area (Å²) >= 11 is 4.95. The molecule has 1 atom stereocenters. The third-order valence-corrected chi connectivity index (χ3v) is 6.15. The summed E-state index contributed by atoms with van der Waals surface area (Å²) in [4.78, 5) is 13.7. The molecule has 1 heterocycles. The van der Waals surface area contributed by atoms with E-state index < -0.39 is 21.9 Å². The minimum Gasteiger partial charge on any atom is -0.488 e. The summed E-state index contributed by atoms with van der Waals surface area (Å²) in [6, 6.07) is 3.63. The summed E-state index contributed by atoms with van der Waals surface area (Å²) in [5.74, 6) is -0.391. The minimum absolute atomic E-state index is 0.0154. The predicted molar refractivity (Wildman–Crippen MR) is 114 cm³/mol. The highest BCUT2D eigenvalue weighted by atomic mass is 32.2. The molecule has 29 heavy (non-hydrogen) atoms. The van der Waals surface area contributed by atoms with Crippen LogP contribution < -0.4 is 14.8 Å². The Labute approximate surface area is 177 Å². The lowest BCUT2D eigenvalue weighted by molar-refractivity contribution is 0.216. The number of halogens is 1. The van der Waals surface area contributed by atoms with Crippen molar-refractivity contribution in [1.29, 1.82) is 0 Å².